The van der Waals surface area contributed by atoms with E-state index in [1.54, 1.807) is 6.08 Å². The third kappa shape index (κ3) is 9.50. The second-order valence-electron chi connectivity index (χ2n) is 2.88. The zero-order valence-electron chi connectivity index (χ0n) is 9.86. The van der Waals surface area contributed by atoms with E-state index in [1.807, 2.05) is 6.08 Å². The Balaban J connectivity index is 0. The summed E-state index contributed by atoms with van der Waals surface area (Å²) < 4.78 is 0. The minimum atomic E-state index is 0. The number of likely N-dealkylation sites (N-methyl/N-ethyl adjacent to an activating group) is 1. The number of nitrogens with zero attached hydrogens (tertiary/aromatic N) is 1. The number of allylic oxidation sites excluding steroid dienone is 2. The van der Waals surface area contributed by atoms with Gasteiger partial charge in [0, 0.05) is 0 Å². The second-order valence-corrected chi connectivity index (χ2v) is 2.88. The monoisotopic (exact) mass is 233 g/mol. The fraction of sp³-hybridized carbons (Fsp3) is 0.455. The molecular weight excluding hydrogens is 215 g/mol. The number of hydrogen-bond acceptors (Lipinski definition) is 3. The smallest absolute Gasteiger partial charge is 0.333 e. The molecule has 0 saturated heterocycles. The molecule has 0 amide bonds. The first-order valence-corrected chi connectivity index (χ1v) is 4.64. The average molecular weight is 233 g/mol. The van der Waals surface area contributed by atoms with Gasteiger partial charge in [-0.3, -0.25) is 6.08 Å². The van der Waals surface area contributed by atoms with E-state index in [2.05, 4.69) is 23.8 Å². The maximum atomic E-state index is 9.95. The Morgan fingerprint density at radius 3 is 2.67 bits per heavy atom. The van der Waals surface area contributed by atoms with Gasteiger partial charge in [-0.05, 0) is 27.1 Å². The Kier molecular flexibility index (Phi) is 15.1. The van der Waals surface area contributed by atoms with Crippen LogP contribution in [0.2, 0.25) is 0 Å². The molecule has 80 valence electrons. The predicted molar refractivity (Wildman–Crippen MR) is 58.5 cm³/mol. The van der Waals surface area contributed by atoms with Crippen LogP contribution >= 0.6 is 0 Å². The fourth-order valence-electron chi connectivity index (χ4n) is 1.07. The molecule has 1 aliphatic heterocycles. The Hall–Kier alpha value is 0.576. The van der Waals surface area contributed by atoms with Crippen molar-refractivity contribution in [2.24, 2.45) is 5.73 Å². The van der Waals surface area contributed by atoms with Gasteiger partial charge in [0.25, 0.3) is 0 Å². The van der Waals surface area contributed by atoms with Crippen molar-refractivity contribution in [3.63, 3.8) is 0 Å². The maximum absolute atomic E-state index is 9.95. The van der Waals surface area contributed by atoms with E-state index in [1.165, 1.54) is 19.0 Å². The summed E-state index contributed by atoms with van der Waals surface area (Å²) in [4.78, 5) is 12.2. The first-order valence-electron chi connectivity index (χ1n) is 4.64. The molecule has 0 aromatic heterocycles. The molecule has 0 aliphatic carbocycles. The van der Waals surface area contributed by atoms with Gasteiger partial charge in [0.05, 0.1) is 6.29 Å². The quantitative estimate of drug-likeness (QED) is 0.336. The third-order valence-electron chi connectivity index (χ3n) is 1.83. The van der Waals surface area contributed by atoms with Gasteiger partial charge in [0.2, 0.25) is 0 Å². The van der Waals surface area contributed by atoms with Crippen LogP contribution in [0.3, 0.4) is 0 Å². The number of nitrogens with two attached hydrogens (primary N) is 1. The largest absolute Gasteiger partial charge is 1.00 e. The summed E-state index contributed by atoms with van der Waals surface area (Å²) in [6.45, 7) is 1.97. The molecule has 3 nitrogen and oxygen atoms in total. The van der Waals surface area contributed by atoms with Crippen molar-refractivity contribution in [3.8, 4) is 0 Å². The average Bonchev–Trinajstić information content (AvgIpc) is 2.24. The summed E-state index contributed by atoms with van der Waals surface area (Å²) >= 11 is 0. The van der Waals surface area contributed by atoms with E-state index in [-0.39, 0.29) is 51.4 Å². The topological polar surface area (TPSA) is 46.3 Å². The van der Waals surface area contributed by atoms with E-state index in [9.17, 15) is 4.79 Å². The fourth-order valence-corrected chi connectivity index (χ4v) is 1.07. The molecule has 2 N–H and O–H groups in total. The second kappa shape index (κ2) is 12.6. The van der Waals surface area contributed by atoms with Gasteiger partial charge in [0.15, 0.2) is 0 Å². The van der Waals surface area contributed by atoms with Gasteiger partial charge < -0.3 is 15.4 Å². The van der Waals surface area contributed by atoms with Crippen molar-refractivity contribution >= 4 is 6.29 Å². The van der Waals surface area contributed by atoms with Gasteiger partial charge in [-0.15, -0.1) is 0 Å². The van der Waals surface area contributed by atoms with Crippen LogP contribution < -0.4 is 57.1 Å². The molecule has 0 unspecified atom stereocenters. The van der Waals surface area contributed by atoms with E-state index < -0.39 is 0 Å². The molecule has 0 radical (unpaired) electrons. The number of rotatable bonds is 3. The van der Waals surface area contributed by atoms with E-state index in [0.29, 0.717) is 0 Å². The number of hydrogen-bond donors (Lipinski definition) is 1. The van der Waals surface area contributed by atoms with E-state index in [0.717, 1.165) is 25.8 Å². The molecule has 4 heteroatoms. The van der Waals surface area contributed by atoms with E-state index in [4.69, 9.17) is 0 Å². The summed E-state index contributed by atoms with van der Waals surface area (Å²) in [7, 11) is 3.57. The normalized spacial score (nSPS) is 15.8. The molecule has 1 aliphatic rings. The van der Waals surface area contributed by atoms with Crippen LogP contribution in [0.4, 0.5) is 0 Å². The third-order valence-corrected chi connectivity index (χ3v) is 1.83. The van der Waals surface area contributed by atoms with Gasteiger partial charge in [-0.2, -0.15) is 6.42 Å². The number of carbonyl (C=O) groups is 1. The molecule has 0 bridgehead atoms. The predicted octanol–water partition coefficient (Wildman–Crippen LogP) is -2.41. The minimum Gasteiger partial charge on any atom is -0.333 e. The standard InChI is InChI=1S/C10H13NO.CH5N.K/c1-11-7-5-10(6-8-11)4-2-3-9-12;1-2;/h2-4,9H,5,7-8H2,1H3;2H2,1H3;/q-2;;+1/b4-2-;;. The summed E-state index contributed by atoms with van der Waals surface area (Å²) in [5.74, 6) is 0. The minimum absolute atomic E-state index is 0. The van der Waals surface area contributed by atoms with Crippen LogP contribution in [0.1, 0.15) is 6.42 Å². The molecule has 0 aromatic carbocycles. The molecule has 0 saturated carbocycles. The molecule has 1 heterocycles. The molecule has 15 heavy (non-hydrogen) atoms. The zero-order chi connectivity index (χ0) is 10.8. The van der Waals surface area contributed by atoms with Crippen molar-refractivity contribution in [1.82, 2.24) is 4.90 Å². The summed E-state index contributed by atoms with van der Waals surface area (Å²) in [5.41, 5.74) is 5.70. The van der Waals surface area contributed by atoms with Crippen LogP contribution in [0.5, 0.6) is 0 Å². The van der Waals surface area contributed by atoms with Gasteiger partial charge >= 0.3 is 51.4 Å². The molecule has 1 rings (SSSR count). The van der Waals surface area contributed by atoms with Gasteiger partial charge in [-0.1, -0.05) is 6.54 Å². The molecule has 0 aromatic rings. The maximum Gasteiger partial charge on any atom is 1.00 e. The Labute approximate surface area is 135 Å². The van der Waals surface area contributed by atoms with Gasteiger partial charge in [-0.25, -0.2) is 17.7 Å². The van der Waals surface area contributed by atoms with Crippen molar-refractivity contribution in [2.45, 2.75) is 6.42 Å². The van der Waals surface area contributed by atoms with Crippen LogP contribution in [0.15, 0.2) is 17.7 Å². The van der Waals surface area contributed by atoms with Crippen molar-refractivity contribution in [2.75, 3.05) is 27.2 Å². The Morgan fingerprint density at radius 1 is 1.53 bits per heavy atom. The van der Waals surface area contributed by atoms with Crippen LogP contribution in [-0.4, -0.2) is 38.4 Å². The van der Waals surface area contributed by atoms with Crippen molar-refractivity contribution in [3.05, 3.63) is 30.2 Å². The van der Waals surface area contributed by atoms with Gasteiger partial charge in [0.1, 0.15) is 0 Å². The first kappa shape index (κ1) is 18.0. The summed E-state index contributed by atoms with van der Waals surface area (Å²) in [6, 6.07) is 0. The van der Waals surface area contributed by atoms with Crippen molar-refractivity contribution < 1.29 is 56.2 Å². The summed E-state index contributed by atoms with van der Waals surface area (Å²) in [5, 5.41) is 0. The van der Waals surface area contributed by atoms with E-state index >= 15 is 0 Å². The van der Waals surface area contributed by atoms with Crippen LogP contribution in [-0.2, 0) is 4.79 Å². The molecule has 0 spiro atoms. The Bertz CT molecular complexity index is 215. The summed E-state index contributed by atoms with van der Waals surface area (Å²) in [6.07, 6.45) is 10.3. The molecule has 0 fully saturated rings. The SMILES string of the molecule is CN.CN1C[C-]=C(/C=C\[CH-]C=O)CC1.[K+]. The first-order chi connectivity index (χ1) is 6.83. The Morgan fingerprint density at radius 2 is 2.20 bits per heavy atom. The number of aldehydes is 1. The molecular formula is C11H18KN2O-. The van der Waals surface area contributed by atoms with Crippen molar-refractivity contribution in [1.29, 1.82) is 0 Å². The van der Waals surface area contributed by atoms with Crippen LogP contribution in [0, 0.1) is 12.5 Å². The molecule has 0 atom stereocenters. The zero-order valence-corrected chi connectivity index (χ0v) is 13.0. The van der Waals surface area contributed by atoms with Crippen LogP contribution in [0.25, 0.3) is 0 Å². The number of carbonyl (C=O) groups excluding carboxylic acids is 1.